The molecule has 0 aliphatic carbocycles. The summed E-state index contributed by atoms with van der Waals surface area (Å²) in [6.45, 7) is 1.65. The Hall–Kier alpha value is -1.39. The van der Waals surface area contributed by atoms with Crippen LogP contribution in [0.4, 0.5) is 0 Å². The molecule has 16 heavy (non-hydrogen) atoms. The van der Waals surface area contributed by atoms with E-state index >= 15 is 0 Å². The highest BCUT2D eigenvalue weighted by atomic mass is 16.5. The van der Waals surface area contributed by atoms with Gasteiger partial charge in [0, 0.05) is 18.5 Å². The maximum Gasteiger partial charge on any atom is 0.188 e. The third-order valence-electron chi connectivity index (χ3n) is 2.51. The second-order valence-corrected chi connectivity index (χ2v) is 3.69. The largest absolute Gasteiger partial charge is 0.493 e. The Morgan fingerprint density at radius 2 is 2.38 bits per heavy atom. The van der Waals surface area contributed by atoms with E-state index in [9.17, 15) is 4.79 Å². The van der Waals surface area contributed by atoms with E-state index in [4.69, 9.17) is 15.2 Å². The van der Waals surface area contributed by atoms with Crippen LogP contribution in [0.2, 0.25) is 0 Å². The summed E-state index contributed by atoms with van der Waals surface area (Å²) in [7, 11) is 0. The molecule has 0 fully saturated rings. The number of carbonyl (C=O) groups excluding carboxylic acids is 1. The molecule has 4 nitrogen and oxygen atoms in total. The predicted molar refractivity (Wildman–Crippen MR) is 59.8 cm³/mol. The van der Waals surface area contributed by atoms with Crippen molar-refractivity contribution in [2.75, 3.05) is 26.4 Å². The summed E-state index contributed by atoms with van der Waals surface area (Å²) in [6.07, 6.45) is 0.875. The zero-order valence-corrected chi connectivity index (χ0v) is 9.07. The minimum Gasteiger partial charge on any atom is -0.493 e. The van der Waals surface area contributed by atoms with Crippen molar-refractivity contribution in [3.63, 3.8) is 0 Å². The van der Waals surface area contributed by atoms with Crippen molar-refractivity contribution >= 4 is 5.78 Å². The maximum absolute atomic E-state index is 11.7. The fraction of sp³-hybridized carbons (Fsp3) is 0.417. The Bertz CT molecular complexity index is 390. The number of nitrogens with two attached hydrogens (primary N) is 1. The number of rotatable bonds is 5. The highest BCUT2D eigenvalue weighted by molar-refractivity contribution is 5.97. The van der Waals surface area contributed by atoms with Crippen LogP contribution in [-0.4, -0.2) is 32.1 Å². The Morgan fingerprint density at radius 1 is 1.50 bits per heavy atom. The van der Waals surface area contributed by atoms with Gasteiger partial charge in [-0.25, -0.2) is 0 Å². The fourth-order valence-electron chi connectivity index (χ4n) is 1.69. The Kier molecular flexibility index (Phi) is 3.54. The van der Waals surface area contributed by atoms with Crippen molar-refractivity contribution in [3.8, 4) is 5.75 Å². The summed E-state index contributed by atoms with van der Waals surface area (Å²) in [6, 6.07) is 5.51. The van der Waals surface area contributed by atoms with E-state index in [0.717, 1.165) is 17.7 Å². The van der Waals surface area contributed by atoms with Crippen LogP contribution in [0.15, 0.2) is 18.2 Å². The van der Waals surface area contributed by atoms with Gasteiger partial charge in [0.2, 0.25) is 0 Å². The minimum atomic E-state index is -0.0110. The zero-order valence-electron chi connectivity index (χ0n) is 9.07. The highest BCUT2D eigenvalue weighted by Gasteiger charge is 2.14. The van der Waals surface area contributed by atoms with E-state index in [1.54, 1.807) is 6.07 Å². The van der Waals surface area contributed by atoms with E-state index < -0.39 is 0 Å². The van der Waals surface area contributed by atoms with Crippen LogP contribution < -0.4 is 10.5 Å². The normalized spacial score (nSPS) is 13.3. The van der Waals surface area contributed by atoms with E-state index in [1.165, 1.54) is 0 Å². The van der Waals surface area contributed by atoms with Gasteiger partial charge in [-0.15, -0.1) is 0 Å². The summed E-state index contributed by atoms with van der Waals surface area (Å²) in [5.41, 5.74) is 7.06. The molecule has 4 heteroatoms. The lowest BCUT2D eigenvalue weighted by atomic mass is 10.1. The maximum atomic E-state index is 11.7. The summed E-state index contributed by atoms with van der Waals surface area (Å²) >= 11 is 0. The smallest absolute Gasteiger partial charge is 0.188 e. The number of Topliss-reactive ketones (excluding diaryl/α,β-unsaturated/α-hetero) is 1. The molecule has 86 valence electrons. The molecule has 1 heterocycles. The van der Waals surface area contributed by atoms with Gasteiger partial charge in [-0.2, -0.15) is 0 Å². The van der Waals surface area contributed by atoms with Gasteiger partial charge in [0.15, 0.2) is 5.78 Å². The number of carbonyl (C=O) groups is 1. The number of hydrogen-bond donors (Lipinski definition) is 1. The van der Waals surface area contributed by atoms with Crippen LogP contribution in [-0.2, 0) is 11.2 Å². The Balaban J connectivity index is 2.01. The van der Waals surface area contributed by atoms with Crippen LogP contribution in [0.5, 0.6) is 5.75 Å². The molecule has 0 unspecified atom stereocenters. The molecule has 2 N–H and O–H groups in total. The molecule has 0 aromatic heterocycles. The molecule has 0 saturated carbocycles. The molecular formula is C12H15NO3. The SMILES string of the molecule is NCCOCC(=O)c1ccc2c(c1)CCO2. The molecule has 0 saturated heterocycles. The van der Waals surface area contributed by atoms with Gasteiger partial charge >= 0.3 is 0 Å². The topological polar surface area (TPSA) is 61.5 Å². The summed E-state index contributed by atoms with van der Waals surface area (Å²) in [5.74, 6) is 0.877. The Morgan fingerprint density at radius 3 is 3.19 bits per heavy atom. The number of fused-ring (bicyclic) bond motifs is 1. The third-order valence-corrected chi connectivity index (χ3v) is 2.51. The first-order valence-electron chi connectivity index (χ1n) is 5.38. The van der Waals surface area contributed by atoms with E-state index in [-0.39, 0.29) is 12.4 Å². The number of ketones is 1. The number of ether oxygens (including phenoxy) is 2. The summed E-state index contributed by atoms with van der Waals surface area (Å²) < 4.78 is 10.5. The first kappa shape index (κ1) is 11.1. The van der Waals surface area contributed by atoms with Crippen LogP contribution in [0.3, 0.4) is 0 Å². The molecule has 2 rings (SSSR count). The van der Waals surface area contributed by atoms with E-state index in [2.05, 4.69) is 0 Å². The molecule has 0 spiro atoms. The van der Waals surface area contributed by atoms with Crippen molar-refractivity contribution in [1.29, 1.82) is 0 Å². The van der Waals surface area contributed by atoms with Gasteiger partial charge in [-0.05, 0) is 23.8 Å². The second kappa shape index (κ2) is 5.09. The highest BCUT2D eigenvalue weighted by Crippen LogP contribution is 2.25. The van der Waals surface area contributed by atoms with Crippen molar-refractivity contribution in [2.45, 2.75) is 6.42 Å². The van der Waals surface area contributed by atoms with Crippen LogP contribution in [0, 0.1) is 0 Å². The lowest BCUT2D eigenvalue weighted by molar-refractivity contribution is 0.0774. The minimum absolute atomic E-state index is 0.0110. The molecule has 1 aromatic rings. The van der Waals surface area contributed by atoms with Gasteiger partial charge < -0.3 is 15.2 Å². The molecule has 1 aliphatic heterocycles. The van der Waals surface area contributed by atoms with Crippen molar-refractivity contribution < 1.29 is 14.3 Å². The predicted octanol–water partition coefficient (Wildman–Crippen LogP) is 0.779. The fourth-order valence-corrected chi connectivity index (χ4v) is 1.69. The molecule has 0 radical (unpaired) electrons. The number of hydrogen-bond acceptors (Lipinski definition) is 4. The van der Waals surface area contributed by atoms with Crippen molar-refractivity contribution in [2.24, 2.45) is 5.73 Å². The lowest BCUT2D eigenvalue weighted by Crippen LogP contribution is -2.14. The first-order valence-corrected chi connectivity index (χ1v) is 5.38. The molecular weight excluding hydrogens is 206 g/mol. The molecule has 0 atom stereocenters. The van der Waals surface area contributed by atoms with E-state index in [0.29, 0.717) is 25.3 Å². The third kappa shape index (κ3) is 2.40. The molecule has 0 amide bonds. The summed E-state index contributed by atoms with van der Waals surface area (Å²) in [4.78, 5) is 11.7. The van der Waals surface area contributed by atoms with Crippen LogP contribution in [0.1, 0.15) is 15.9 Å². The van der Waals surface area contributed by atoms with Gasteiger partial charge in [-0.3, -0.25) is 4.79 Å². The van der Waals surface area contributed by atoms with Crippen molar-refractivity contribution in [3.05, 3.63) is 29.3 Å². The zero-order chi connectivity index (χ0) is 11.4. The monoisotopic (exact) mass is 221 g/mol. The van der Waals surface area contributed by atoms with Crippen LogP contribution >= 0.6 is 0 Å². The van der Waals surface area contributed by atoms with Crippen LogP contribution in [0.25, 0.3) is 0 Å². The van der Waals surface area contributed by atoms with Crippen molar-refractivity contribution in [1.82, 2.24) is 0 Å². The summed E-state index contributed by atoms with van der Waals surface area (Å²) in [5, 5.41) is 0. The van der Waals surface area contributed by atoms with Gasteiger partial charge in [0.25, 0.3) is 0 Å². The average molecular weight is 221 g/mol. The quantitative estimate of drug-likeness (QED) is 0.589. The molecule has 1 aliphatic rings. The first-order chi connectivity index (χ1) is 7.81. The second-order valence-electron chi connectivity index (χ2n) is 3.69. The lowest BCUT2D eigenvalue weighted by Gasteiger charge is -2.04. The number of benzene rings is 1. The van der Waals surface area contributed by atoms with Gasteiger partial charge in [0.05, 0.1) is 13.2 Å². The van der Waals surface area contributed by atoms with E-state index in [1.807, 2.05) is 12.1 Å². The average Bonchev–Trinajstić information content (AvgIpc) is 2.76. The van der Waals surface area contributed by atoms with Gasteiger partial charge in [0.1, 0.15) is 12.4 Å². The molecule has 0 bridgehead atoms. The Labute approximate surface area is 94.3 Å². The van der Waals surface area contributed by atoms with Gasteiger partial charge in [-0.1, -0.05) is 0 Å². The molecule has 1 aromatic carbocycles. The standard InChI is InChI=1S/C12H15NO3/c13-4-6-15-8-11(14)9-1-2-12-10(7-9)3-5-16-12/h1-2,7H,3-6,8,13H2.